The molecule has 48 valence electrons. The van der Waals surface area contributed by atoms with Crippen molar-refractivity contribution < 1.29 is 0 Å². The van der Waals surface area contributed by atoms with Crippen LogP contribution in [0.25, 0.3) is 0 Å². The van der Waals surface area contributed by atoms with E-state index in [0.29, 0.717) is 5.41 Å². The lowest BCUT2D eigenvalue weighted by Gasteiger charge is -2.14. The van der Waals surface area contributed by atoms with Crippen LogP contribution in [0.15, 0.2) is 0 Å². The first kappa shape index (κ1) is 7.87. The van der Waals surface area contributed by atoms with Crippen LogP contribution in [0.5, 0.6) is 0 Å². The summed E-state index contributed by atoms with van der Waals surface area (Å²) in [5.74, 6) is 1.58. The molecule has 0 aromatic rings. The summed E-state index contributed by atoms with van der Waals surface area (Å²) in [7, 11) is 0. The van der Waals surface area contributed by atoms with Gasteiger partial charge in [0.15, 0.2) is 0 Å². The van der Waals surface area contributed by atoms with Gasteiger partial charge in [-0.3, -0.25) is 0 Å². The monoisotopic (exact) mass is 113 g/mol. The Hall–Kier alpha value is -0.130. The Bertz CT molecular complexity index is 56.9. The highest BCUT2D eigenvalue weighted by Gasteiger charge is 2.28. The molecule has 0 bridgehead atoms. The lowest BCUT2D eigenvalue weighted by atomic mass is 9.81. The third-order valence-corrected chi connectivity index (χ3v) is 1.81. The highest BCUT2D eigenvalue weighted by molar-refractivity contribution is 4.94. The van der Waals surface area contributed by atoms with Gasteiger partial charge in [-0.25, -0.2) is 0 Å². The summed E-state index contributed by atoms with van der Waals surface area (Å²) in [6.07, 6.45) is 1.21. The van der Waals surface area contributed by atoms with Gasteiger partial charge in [0.25, 0.3) is 0 Å². The molecule has 0 rings (SSSR count). The fourth-order valence-corrected chi connectivity index (χ4v) is 0.530. The largest absolute Gasteiger partial charge is 0.102 e. The van der Waals surface area contributed by atoms with Crippen molar-refractivity contribution >= 4 is 0 Å². The Kier molecular flexibility index (Phi) is 2.39. The fraction of sp³-hybridized carbons (Fsp3) is 0.875. The van der Waals surface area contributed by atoms with E-state index in [4.69, 9.17) is 0 Å². The molecule has 0 aliphatic heterocycles. The highest BCUT2D eigenvalue weighted by Crippen LogP contribution is 2.29. The molecule has 0 N–H and O–H groups in total. The van der Waals surface area contributed by atoms with E-state index >= 15 is 0 Å². The maximum atomic E-state index is 2.26. The van der Waals surface area contributed by atoms with E-state index in [-0.39, 0.29) is 0 Å². The summed E-state index contributed by atoms with van der Waals surface area (Å²) in [5.41, 5.74) is 0.425. The molecule has 0 fully saturated rings. The third kappa shape index (κ3) is 2.25. The van der Waals surface area contributed by atoms with Crippen LogP contribution in [-0.2, 0) is 0 Å². The standard InChI is InChI=1S/C8H17/c1-6-7(2)8(3,4)5/h6H2,1-5H3/q+1. The lowest BCUT2D eigenvalue weighted by Crippen LogP contribution is -2.13. The molecule has 0 aliphatic carbocycles. The zero-order chi connectivity index (χ0) is 6.78. The topological polar surface area (TPSA) is 0 Å². The van der Waals surface area contributed by atoms with Crippen LogP contribution in [0.4, 0.5) is 0 Å². The van der Waals surface area contributed by atoms with Crippen LogP contribution in [0.3, 0.4) is 0 Å². The number of rotatable bonds is 1. The molecule has 0 heteroatoms. The van der Waals surface area contributed by atoms with E-state index in [9.17, 15) is 0 Å². The minimum Gasteiger partial charge on any atom is -0.0242 e. The van der Waals surface area contributed by atoms with Gasteiger partial charge in [-0.1, -0.05) is 0 Å². The molecule has 0 heterocycles. The maximum Gasteiger partial charge on any atom is 0.102 e. The molecule has 0 atom stereocenters. The van der Waals surface area contributed by atoms with Crippen LogP contribution < -0.4 is 0 Å². The van der Waals surface area contributed by atoms with E-state index in [1.165, 1.54) is 6.42 Å². The predicted octanol–water partition coefficient (Wildman–Crippen LogP) is 3.04. The zero-order valence-corrected chi connectivity index (χ0v) is 6.71. The quantitative estimate of drug-likeness (QED) is 0.458. The van der Waals surface area contributed by atoms with E-state index in [1.54, 1.807) is 5.92 Å². The van der Waals surface area contributed by atoms with Crippen molar-refractivity contribution in [3.63, 3.8) is 0 Å². The summed E-state index contributed by atoms with van der Waals surface area (Å²) >= 11 is 0. The van der Waals surface area contributed by atoms with Crippen LogP contribution in [0, 0.1) is 11.3 Å². The van der Waals surface area contributed by atoms with Gasteiger partial charge in [-0.2, -0.15) is 0 Å². The van der Waals surface area contributed by atoms with Crippen molar-refractivity contribution in [2.75, 3.05) is 0 Å². The Balaban J connectivity index is 3.62. The molecule has 0 aromatic carbocycles. The average molecular weight is 113 g/mol. The van der Waals surface area contributed by atoms with E-state index in [0.717, 1.165) is 0 Å². The second kappa shape index (κ2) is 2.43. The predicted molar refractivity (Wildman–Crippen MR) is 38.7 cm³/mol. The van der Waals surface area contributed by atoms with Gasteiger partial charge in [0, 0.05) is 0 Å². The van der Waals surface area contributed by atoms with Crippen molar-refractivity contribution in [3.05, 3.63) is 5.92 Å². The summed E-state index contributed by atoms with van der Waals surface area (Å²) in [5, 5.41) is 0. The minimum atomic E-state index is 0.425. The molecular weight excluding hydrogens is 96.1 g/mol. The summed E-state index contributed by atoms with van der Waals surface area (Å²) in [6.45, 7) is 11.2. The van der Waals surface area contributed by atoms with Gasteiger partial charge in [0.1, 0.15) is 5.41 Å². The molecule has 0 spiro atoms. The third-order valence-electron chi connectivity index (χ3n) is 1.81. The Labute approximate surface area is 53.3 Å². The SMILES string of the molecule is CC[C+](C)C(C)(C)C. The number of hydrogen-bond acceptors (Lipinski definition) is 0. The second-order valence-corrected chi connectivity index (χ2v) is 3.38. The van der Waals surface area contributed by atoms with Crippen LogP contribution in [-0.4, -0.2) is 0 Å². The van der Waals surface area contributed by atoms with Crippen LogP contribution in [0.1, 0.15) is 41.0 Å². The average Bonchev–Trinajstić information content (AvgIpc) is 1.62. The first-order chi connectivity index (χ1) is 3.48. The first-order valence-corrected chi connectivity index (χ1v) is 3.31. The lowest BCUT2D eigenvalue weighted by molar-refractivity contribution is 0.417. The maximum absolute atomic E-state index is 2.26. The summed E-state index contributed by atoms with van der Waals surface area (Å²) in [4.78, 5) is 0. The summed E-state index contributed by atoms with van der Waals surface area (Å²) in [6, 6.07) is 0. The molecule has 0 unspecified atom stereocenters. The number of hydrogen-bond donors (Lipinski definition) is 0. The van der Waals surface area contributed by atoms with Crippen LogP contribution >= 0.6 is 0 Å². The van der Waals surface area contributed by atoms with Gasteiger partial charge < -0.3 is 0 Å². The zero-order valence-electron chi connectivity index (χ0n) is 6.71. The molecule has 0 saturated heterocycles. The van der Waals surface area contributed by atoms with Crippen LogP contribution in [0.2, 0.25) is 0 Å². The fourth-order valence-electron chi connectivity index (χ4n) is 0.530. The molecule has 0 radical (unpaired) electrons. The normalized spacial score (nSPS) is 11.6. The first-order valence-electron chi connectivity index (χ1n) is 3.31. The van der Waals surface area contributed by atoms with Crippen molar-refractivity contribution in [2.45, 2.75) is 41.0 Å². The van der Waals surface area contributed by atoms with Gasteiger partial charge in [0.05, 0.1) is 19.3 Å². The molecule has 0 saturated carbocycles. The van der Waals surface area contributed by atoms with Gasteiger partial charge >= 0.3 is 0 Å². The smallest absolute Gasteiger partial charge is 0.0242 e. The molecule has 0 aromatic heterocycles. The molecule has 0 nitrogen and oxygen atoms in total. The molecule has 0 aliphatic rings. The Morgan fingerprint density at radius 2 is 1.62 bits per heavy atom. The molecule has 0 amide bonds. The van der Waals surface area contributed by atoms with E-state index < -0.39 is 0 Å². The minimum absolute atomic E-state index is 0.425. The van der Waals surface area contributed by atoms with Crippen molar-refractivity contribution in [1.29, 1.82) is 0 Å². The van der Waals surface area contributed by atoms with Gasteiger partial charge in [-0.05, 0) is 27.7 Å². The Morgan fingerprint density at radius 1 is 1.25 bits per heavy atom. The van der Waals surface area contributed by atoms with Crippen molar-refractivity contribution in [2.24, 2.45) is 5.41 Å². The van der Waals surface area contributed by atoms with Crippen molar-refractivity contribution in [3.8, 4) is 0 Å². The van der Waals surface area contributed by atoms with Gasteiger partial charge in [0.2, 0.25) is 0 Å². The van der Waals surface area contributed by atoms with E-state index in [2.05, 4.69) is 34.6 Å². The van der Waals surface area contributed by atoms with Crippen molar-refractivity contribution in [1.82, 2.24) is 0 Å². The molecule has 8 heavy (non-hydrogen) atoms. The van der Waals surface area contributed by atoms with Gasteiger partial charge in [-0.15, -0.1) is 0 Å². The van der Waals surface area contributed by atoms with E-state index in [1.807, 2.05) is 0 Å². The summed E-state index contributed by atoms with van der Waals surface area (Å²) < 4.78 is 0. The second-order valence-electron chi connectivity index (χ2n) is 3.38. The highest BCUT2D eigenvalue weighted by atomic mass is 14.2. The Morgan fingerprint density at radius 3 is 1.62 bits per heavy atom. The molecular formula is C8H17+.